The summed E-state index contributed by atoms with van der Waals surface area (Å²) in [7, 11) is -3.69. The van der Waals surface area contributed by atoms with E-state index in [1.807, 2.05) is 62.5 Å². The van der Waals surface area contributed by atoms with Gasteiger partial charge in [-0.1, -0.05) is 30.3 Å². The normalized spacial score (nSPS) is 14.5. The van der Waals surface area contributed by atoms with Crippen molar-refractivity contribution in [3.05, 3.63) is 95.8 Å². The minimum atomic E-state index is -3.69. The summed E-state index contributed by atoms with van der Waals surface area (Å²) in [6.45, 7) is 6.06. The van der Waals surface area contributed by atoms with Crippen LogP contribution in [0.15, 0.2) is 84.0 Å². The fraction of sp³-hybridized carbons (Fsp3) is 0.323. The van der Waals surface area contributed by atoms with E-state index in [1.54, 1.807) is 27.7 Å². The van der Waals surface area contributed by atoms with Crippen LogP contribution < -0.4 is 5.32 Å². The highest BCUT2D eigenvalue weighted by Crippen LogP contribution is 2.32. The van der Waals surface area contributed by atoms with Crippen LogP contribution >= 0.6 is 0 Å². The number of hydrogen-bond donors (Lipinski definition) is 1. The lowest BCUT2D eigenvalue weighted by molar-refractivity contribution is 0.0775. The number of hydrogen-bond acceptors (Lipinski definition) is 6. The fourth-order valence-corrected chi connectivity index (χ4v) is 6.73. The number of nitrogens with zero attached hydrogens (tertiary/aromatic N) is 4. The Morgan fingerprint density at radius 2 is 1.69 bits per heavy atom. The van der Waals surface area contributed by atoms with Gasteiger partial charge in [-0.25, -0.2) is 17.7 Å². The van der Waals surface area contributed by atoms with Crippen LogP contribution in [0.1, 0.15) is 54.1 Å². The third-order valence-electron chi connectivity index (χ3n) is 7.70. The Kier molecular flexibility index (Phi) is 8.89. The minimum Gasteiger partial charge on any atom is -0.444 e. The molecule has 0 aliphatic carbocycles. The summed E-state index contributed by atoms with van der Waals surface area (Å²) >= 11 is 0. The summed E-state index contributed by atoms with van der Waals surface area (Å²) in [5, 5.41) is 6.98. The van der Waals surface area contributed by atoms with Crippen LogP contribution in [0.3, 0.4) is 0 Å². The quantitative estimate of drug-likeness (QED) is 0.290. The molecule has 0 radical (unpaired) electrons. The van der Waals surface area contributed by atoms with Crippen LogP contribution in [0, 0.1) is 0 Å². The van der Waals surface area contributed by atoms with Gasteiger partial charge in [0.05, 0.1) is 22.2 Å². The number of anilines is 1. The number of fused-ring (bicyclic) bond motifs is 1. The molecule has 0 bridgehead atoms. The van der Waals surface area contributed by atoms with Gasteiger partial charge in [-0.3, -0.25) is 10.1 Å². The van der Waals surface area contributed by atoms with E-state index in [1.165, 1.54) is 16.4 Å². The molecule has 220 valence electrons. The van der Waals surface area contributed by atoms with Gasteiger partial charge in [0.1, 0.15) is 6.61 Å². The van der Waals surface area contributed by atoms with Crippen molar-refractivity contribution < 1.29 is 22.7 Å². The molecule has 11 heteroatoms. The second-order valence-electron chi connectivity index (χ2n) is 10.2. The van der Waals surface area contributed by atoms with Crippen molar-refractivity contribution >= 4 is 33.2 Å². The Hall–Kier alpha value is -4.22. The van der Waals surface area contributed by atoms with Gasteiger partial charge >= 0.3 is 6.09 Å². The second-order valence-corrected chi connectivity index (χ2v) is 12.2. The van der Waals surface area contributed by atoms with E-state index in [4.69, 9.17) is 4.74 Å². The molecule has 0 unspecified atom stereocenters. The van der Waals surface area contributed by atoms with Crippen LogP contribution in [-0.4, -0.2) is 65.4 Å². The maximum Gasteiger partial charge on any atom is 0.411 e. The van der Waals surface area contributed by atoms with Crippen molar-refractivity contribution in [3.8, 4) is 0 Å². The van der Waals surface area contributed by atoms with Crippen molar-refractivity contribution in [2.75, 3.05) is 31.5 Å². The number of rotatable bonds is 9. The predicted octanol–water partition coefficient (Wildman–Crippen LogP) is 5.13. The summed E-state index contributed by atoms with van der Waals surface area (Å²) in [6.07, 6.45) is 4.18. The predicted molar refractivity (Wildman–Crippen MR) is 160 cm³/mol. The minimum absolute atomic E-state index is 0.0432. The van der Waals surface area contributed by atoms with Crippen molar-refractivity contribution in [2.45, 2.75) is 44.1 Å². The molecule has 1 aliphatic heterocycles. The monoisotopic (exact) mass is 589 g/mol. The van der Waals surface area contributed by atoms with Gasteiger partial charge in [0, 0.05) is 38.1 Å². The van der Waals surface area contributed by atoms with E-state index in [2.05, 4.69) is 10.4 Å². The second kappa shape index (κ2) is 12.7. The number of sulfonamides is 1. The first-order chi connectivity index (χ1) is 20.3. The van der Waals surface area contributed by atoms with Crippen LogP contribution in [-0.2, 0) is 21.4 Å². The maximum atomic E-state index is 13.4. The van der Waals surface area contributed by atoms with Crippen LogP contribution in [0.2, 0.25) is 0 Å². The van der Waals surface area contributed by atoms with Gasteiger partial charge in [-0.2, -0.15) is 9.40 Å². The molecule has 0 saturated carbocycles. The lowest BCUT2D eigenvalue weighted by Crippen LogP contribution is -2.37. The molecule has 4 aromatic rings. The molecule has 1 saturated heterocycles. The zero-order chi connectivity index (χ0) is 29.7. The van der Waals surface area contributed by atoms with E-state index in [0.29, 0.717) is 50.3 Å². The van der Waals surface area contributed by atoms with Crippen LogP contribution in [0.4, 0.5) is 10.5 Å². The first-order valence-electron chi connectivity index (χ1n) is 14.1. The Labute approximate surface area is 245 Å². The molecule has 5 rings (SSSR count). The van der Waals surface area contributed by atoms with Crippen molar-refractivity contribution in [3.63, 3.8) is 0 Å². The number of benzene rings is 2. The summed E-state index contributed by atoms with van der Waals surface area (Å²) in [6, 6.07) is 19.5. The number of carbonyl (C=O) groups excluding carboxylic acids is 2. The van der Waals surface area contributed by atoms with Gasteiger partial charge in [0.15, 0.2) is 0 Å². The first-order valence-corrected chi connectivity index (χ1v) is 15.6. The van der Waals surface area contributed by atoms with E-state index < -0.39 is 16.1 Å². The van der Waals surface area contributed by atoms with Gasteiger partial charge in [-0.15, -0.1) is 0 Å². The van der Waals surface area contributed by atoms with Crippen molar-refractivity contribution in [1.29, 1.82) is 0 Å². The van der Waals surface area contributed by atoms with E-state index in [0.717, 1.165) is 16.6 Å². The summed E-state index contributed by atoms with van der Waals surface area (Å²) in [4.78, 5) is 27.1. The average Bonchev–Trinajstić information content (AvgIpc) is 3.45. The molecule has 3 heterocycles. The smallest absolute Gasteiger partial charge is 0.411 e. The van der Waals surface area contributed by atoms with Gasteiger partial charge in [-0.05, 0) is 80.1 Å². The molecule has 10 nitrogen and oxygen atoms in total. The number of amides is 2. The Balaban J connectivity index is 1.19. The molecule has 1 fully saturated rings. The third-order valence-corrected chi connectivity index (χ3v) is 9.62. The molecule has 0 atom stereocenters. The van der Waals surface area contributed by atoms with E-state index in [-0.39, 0.29) is 23.3 Å². The number of aromatic nitrogens is 2. The molecule has 1 aliphatic rings. The summed E-state index contributed by atoms with van der Waals surface area (Å²) in [5.41, 5.74) is 3.72. The molecule has 42 heavy (non-hydrogen) atoms. The molecule has 2 aromatic heterocycles. The largest absolute Gasteiger partial charge is 0.444 e. The average molecular weight is 590 g/mol. The molecule has 0 spiro atoms. The molecule has 2 amide bonds. The number of piperidine rings is 1. The lowest BCUT2D eigenvalue weighted by atomic mass is 9.90. The Morgan fingerprint density at radius 1 is 1.00 bits per heavy atom. The Morgan fingerprint density at radius 3 is 2.36 bits per heavy atom. The van der Waals surface area contributed by atoms with Gasteiger partial charge in [0.25, 0.3) is 5.91 Å². The Bertz CT molecular complexity index is 1640. The summed E-state index contributed by atoms with van der Waals surface area (Å²) in [5.74, 6) is 0.125. The number of carbonyl (C=O) groups is 2. The highest BCUT2D eigenvalue weighted by atomic mass is 32.2. The third kappa shape index (κ3) is 6.32. The fourth-order valence-electron chi connectivity index (χ4n) is 5.26. The number of ether oxygens (including phenoxy) is 1. The van der Waals surface area contributed by atoms with Crippen molar-refractivity contribution in [2.24, 2.45) is 0 Å². The molecule has 2 aromatic carbocycles. The van der Waals surface area contributed by atoms with Gasteiger partial charge < -0.3 is 9.64 Å². The topological polar surface area (TPSA) is 113 Å². The van der Waals surface area contributed by atoms with Crippen LogP contribution in [0.25, 0.3) is 5.52 Å². The number of pyridine rings is 1. The molecular weight excluding hydrogens is 554 g/mol. The van der Waals surface area contributed by atoms with E-state index >= 15 is 0 Å². The lowest BCUT2D eigenvalue weighted by Gasteiger charge is -2.31. The van der Waals surface area contributed by atoms with Crippen molar-refractivity contribution in [1.82, 2.24) is 18.8 Å². The molecular formula is C31H35N5O5S. The summed E-state index contributed by atoms with van der Waals surface area (Å²) < 4.78 is 35.2. The van der Waals surface area contributed by atoms with Crippen LogP contribution in [0.5, 0.6) is 0 Å². The first kappa shape index (κ1) is 29.3. The highest BCUT2D eigenvalue weighted by molar-refractivity contribution is 7.89. The zero-order valence-corrected chi connectivity index (χ0v) is 24.6. The zero-order valence-electron chi connectivity index (χ0n) is 23.8. The maximum absolute atomic E-state index is 13.4. The highest BCUT2D eigenvalue weighted by Gasteiger charge is 2.30. The SMILES string of the molecule is CCN(CC)C(=O)c1cnn2ccc(C3CCN(S(=O)(=O)c4ccc(NC(=O)OCc5ccccc5)cc4)CC3)cc12. The standard InChI is InChI=1S/C31H35N5O5S/c1-3-34(4-2)30(37)28-21-32-36-19-16-25(20-29(28)36)24-14-17-35(18-15-24)42(39,40)27-12-10-26(11-13-27)33-31(38)41-22-23-8-6-5-7-9-23/h5-13,16,19-21,24H,3-4,14-15,17-18,22H2,1-2H3,(H,33,38). The number of nitrogens with one attached hydrogen (secondary N) is 1. The molecule has 1 N–H and O–H groups in total. The van der Waals surface area contributed by atoms with E-state index in [9.17, 15) is 18.0 Å². The van der Waals surface area contributed by atoms with Gasteiger partial charge in [0.2, 0.25) is 10.0 Å².